The van der Waals surface area contributed by atoms with E-state index >= 15 is 0 Å². The SMILES string of the molecule is CC(C)(Oc1ccccc1N1CCN(C(=O)c2ccc(Cl)cc2)CC1)C(=O)O.CC(C)C(=O)OOc1cccc(N2CCN(C(=O)c3ccc(F)cc3)CC2)c1. The number of benzene rings is 4. The molecule has 0 aliphatic carbocycles. The van der Waals surface area contributed by atoms with E-state index in [0.717, 1.165) is 11.4 Å². The molecule has 12 nitrogen and oxygen atoms in total. The van der Waals surface area contributed by atoms with Crippen molar-refractivity contribution >= 4 is 46.7 Å². The molecule has 4 aromatic rings. The van der Waals surface area contributed by atoms with Crippen LogP contribution in [-0.2, 0) is 14.5 Å². The molecule has 4 aromatic carbocycles. The van der Waals surface area contributed by atoms with Crippen LogP contribution in [0.15, 0.2) is 97.1 Å². The van der Waals surface area contributed by atoms with Crippen molar-refractivity contribution in [1.29, 1.82) is 0 Å². The minimum atomic E-state index is -1.33. The molecule has 0 unspecified atom stereocenters. The maximum atomic E-state index is 13.0. The number of carboxylic acids is 1. The number of amides is 2. The number of aliphatic carboxylic acids is 1. The monoisotopic (exact) mass is 788 g/mol. The highest BCUT2D eigenvalue weighted by Crippen LogP contribution is 2.32. The third-order valence-corrected chi connectivity index (χ3v) is 9.53. The molecule has 14 heteroatoms. The van der Waals surface area contributed by atoms with Crippen molar-refractivity contribution in [2.75, 3.05) is 62.2 Å². The van der Waals surface area contributed by atoms with Crippen molar-refractivity contribution < 1.29 is 43.2 Å². The molecule has 0 aromatic heterocycles. The number of halogens is 2. The summed E-state index contributed by atoms with van der Waals surface area (Å²) >= 11 is 5.89. The van der Waals surface area contributed by atoms with Crippen molar-refractivity contribution in [2.24, 2.45) is 5.92 Å². The molecule has 2 fully saturated rings. The Labute approximate surface area is 330 Å². The first-order valence-electron chi connectivity index (χ1n) is 18.3. The molecule has 2 saturated heterocycles. The largest absolute Gasteiger partial charge is 0.478 e. The van der Waals surface area contributed by atoms with Gasteiger partial charge in [-0.25, -0.2) is 14.0 Å². The molecule has 2 heterocycles. The van der Waals surface area contributed by atoms with E-state index in [4.69, 9.17) is 26.1 Å². The zero-order chi connectivity index (χ0) is 40.4. The highest BCUT2D eigenvalue weighted by atomic mass is 35.5. The van der Waals surface area contributed by atoms with Gasteiger partial charge in [-0.05, 0) is 86.6 Å². The van der Waals surface area contributed by atoms with Gasteiger partial charge in [0.05, 0.1) is 11.6 Å². The fraction of sp³-hybridized carbons (Fsp3) is 0.333. The Morgan fingerprint density at radius 2 is 1.25 bits per heavy atom. The molecular weight excluding hydrogens is 743 g/mol. The summed E-state index contributed by atoms with van der Waals surface area (Å²) in [4.78, 5) is 65.8. The van der Waals surface area contributed by atoms with Gasteiger partial charge in [-0.2, -0.15) is 0 Å². The smallest absolute Gasteiger partial charge is 0.357 e. The molecule has 0 radical (unpaired) electrons. The zero-order valence-electron chi connectivity index (χ0n) is 31.8. The Morgan fingerprint density at radius 1 is 0.714 bits per heavy atom. The van der Waals surface area contributed by atoms with E-state index < -0.39 is 17.5 Å². The quantitative estimate of drug-likeness (QED) is 0.135. The lowest BCUT2D eigenvalue weighted by Crippen LogP contribution is -2.49. The number of para-hydroxylation sites is 2. The van der Waals surface area contributed by atoms with Gasteiger partial charge in [-0.1, -0.05) is 43.6 Å². The van der Waals surface area contributed by atoms with Crippen molar-refractivity contribution in [2.45, 2.75) is 33.3 Å². The number of carbonyl (C=O) groups excluding carboxylic acids is 3. The van der Waals surface area contributed by atoms with E-state index in [2.05, 4.69) is 9.80 Å². The second-order valence-electron chi connectivity index (χ2n) is 14.1. The van der Waals surface area contributed by atoms with E-state index in [0.29, 0.717) is 80.0 Å². The van der Waals surface area contributed by atoms with Crippen molar-refractivity contribution in [1.82, 2.24) is 9.80 Å². The number of carbonyl (C=O) groups is 4. The molecule has 56 heavy (non-hydrogen) atoms. The molecule has 296 valence electrons. The second-order valence-corrected chi connectivity index (χ2v) is 14.5. The van der Waals surface area contributed by atoms with Crippen LogP contribution >= 0.6 is 11.6 Å². The lowest BCUT2D eigenvalue weighted by molar-refractivity contribution is -0.217. The van der Waals surface area contributed by atoms with Gasteiger partial charge < -0.3 is 29.4 Å². The van der Waals surface area contributed by atoms with Gasteiger partial charge in [0.25, 0.3) is 11.8 Å². The Morgan fingerprint density at radius 3 is 1.80 bits per heavy atom. The molecule has 1 N–H and O–H groups in total. The van der Waals surface area contributed by atoms with Crippen molar-refractivity contribution in [3.05, 3.63) is 119 Å². The van der Waals surface area contributed by atoms with Gasteiger partial charge in [0, 0.05) is 80.3 Å². The van der Waals surface area contributed by atoms with Crippen LogP contribution < -0.4 is 19.4 Å². The Kier molecular flexibility index (Phi) is 13.8. The highest BCUT2D eigenvalue weighted by Gasteiger charge is 2.32. The Balaban J connectivity index is 0.000000214. The first kappa shape index (κ1) is 41.3. The Hall–Kier alpha value is -5.82. The number of piperazine rings is 2. The summed E-state index contributed by atoms with van der Waals surface area (Å²) in [6, 6.07) is 27.1. The van der Waals surface area contributed by atoms with Gasteiger partial charge >= 0.3 is 11.9 Å². The molecule has 0 atom stereocenters. The van der Waals surface area contributed by atoms with Crippen molar-refractivity contribution in [3.63, 3.8) is 0 Å². The summed E-state index contributed by atoms with van der Waals surface area (Å²) in [5.41, 5.74) is 1.52. The zero-order valence-corrected chi connectivity index (χ0v) is 32.6. The fourth-order valence-electron chi connectivity index (χ4n) is 5.91. The third kappa shape index (κ3) is 10.9. The lowest BCUT2D eigenvalue weighted by Gasteiger charge is -2.37. The van der Waals surface area contributed by atoms with Crippen molar-refractivity contribution in [3.8, 4) is 11.5 Å². The van der Waals surface area contributed by atoms with Gasteiger partial charge in [0.2, 0.25) is 0 Å². The van der Waals surface area contributed by atoms with Crippen LogP contribution in [0.2, 0.25) is 5.02 Å². The number of hydrogen-bond acceptors (Lipinski definition) is 9. The normalized spacial score (nSPS) is 14.4. The number of ether oxygens (including phenoxy) is 1. The maximum Gasteiger partial charge on any atom is 0.357 e. The number of hydrogen-bond donors (Lipinski definition) is 1. The summed E-state index contributed by atoms with van der Waals surface area (Å²) < 4.78 is 18.8. The van der Waals surface area contributed by atoms with Crippen LogP contribution in [0.3, 0.4) is 0 Å². The van der Waals surface area contributed by atoms with Crippen LogP contribution in [0.25, 0.3) is 0 Å². The van der Waals surface area contributed by atoms with Crippen LogP contribution in [-0.4, -0.2) is 96.6 Å². The fourth-order valence-corrected chi connectivity index (χ4v) is 6.03. The standard InChI is InChI=1S/C21H23ClN2O4.C21H23FN2O4/c1-21(2,20(26)27)28-18-6-4-3-5-17(18)23-11-13-24(14-12-23)19(25)15-7-9-16(22)10-8-15;1-15(2)21(26)28-27-19-5-3-4-18(14-19)23-10-12-24(13-11-23)20(25)16-6-8-17(22)9-7-16/h3-10H,11-14H2,1-2H3,(H,26,27);3-9,14-15H,10-13H2,1-2H3. The highest BCUT2D eigenvalue weighted by molar-refractivity contribution is 6.30. The lowest BCUT2D eigenvalue weighted by atomic mass is 10.1. The van der Waals surface area contributed by atoms with Crippen LogP contribution in [0.5, 0.6) is 11.5 Å². The Bertz CT molecular complexity index is 1980. The predicted octanol–water partition coefficient (Wildman–Crippen LogP) is 6.83. The molecule has 2 aliphatic rings. The molecular formula is C42H46ClFN4O8. The first-order valence-corrected chi connectivity index (χ1v) is 18.7. The van der Waals surface area contributed by atoms with Crippen LogP contribution in [0.4, 0.5) is 15.8 Å². The predicted molar refractivity (Wildman–Crippen MR) is 211 cm³/mol. The topological polar surface area (TPSA) is 129 Å². The summed E-state index contributed by atoms with van der Waals surface area (Å²) in [7, 11) is 0. The van der Waals surface area contributed by atoms with Gasteiger partial charge in [0.15, 0.2) is 11.4 Å². The third-order valence-electron chi connectivity index (χ3n) is 9.28. The minimum absolute atomic E-state index is 0.0205. The molecule has 2 amide bonds. The molecule has 0 bridgehead atoms. The number of anilines is 2. The van der Waals surface area contributed by atoms with E-state index in [1.807, 2.05) is 35.2 Å². The second kappa shape index (κ2) is 18.7. The number of carboxylic acid groups (broad SMARTS) is 1. The van der Waals surface area contributed by atoms with Crippen LogP contribution in [0.1, 0.15) is 48.4 Å². The first-order chi connectivity index (χ1) is 26.7. The minimum Gasteiger partial charge on any atom is -0.478 e. The van der Waals surface area contributed by atoms with E-state index in [9.17, 15) is 28.7 Å². The summed E-state index contributed by atoms with van der Waals surface area (Å²) in [6.07, 6.45) is 0. The van der Waals surface area contributed by atoms with Gasteiger partial charge in [-0.3, -0.25) is 19.4 Å². The molecule has 2 aliphatic heterocycles. The van der Waals surface area contributed by atoms with E-state index in [1.165, 1.54) is 38.1 Å². The molecule has 6 rings (SSSR count). The van der Waals surface area contributed by atoms with E-state index in [-0.39, 0.29) is 23.5 Å². The molecule has 0 spiro atoms. The van der Waals surface area contributed by atoms with Gasteiger partial charge in [0.1, 0.15) is 11.6 Å². The van der Waals surface area contributed by atoms with Crippen LogP contribution in [0, 0.1) is 11.7 Å². The average Bonchev–Trinajstić information content (AvgIpc) is 3.20. The molecule has 0 saturated carbocycles. The summed E-state index contributed by atoms with van der Waals surface area (Å²) in [6.45, 7) is 11.3. The number of rotatable bonds is 10. The maximum absolute atomic E-state index is 13.0. The number of nitrogens with zero attached hydrogens (tertiary/aromatic N) is 4. The van der Waals surface area contributed by atoms with E-state index in [1.54, 1.807) is 61.2 Å². The summed E-state index contributed by atoms with van der Waals surface area (Å²) in [5.74, 6) is -1.25. The van der Waals surface area contributed by atoms with Gasteiger partial charge in [-0.15, -0.1) is 0 Å². The average molecular weight is 789 g/mol. The summed E-state index contributed by atoms with van der Waals surface area (Å²) in [5, 5.41) is 9.93.